The predicted octanol–water partition coefficient (Wildman–Crippen LogP) is 2.92. The number of carbonyl (C=O) groups is 3. The molecule has 2 N–H and O–H groups in total. The number of benzene rings is 3. The van der Waals surface area contributed by atoms with Crippen LogP contribution in [0.1, 0.15) is 15.9 Å². The van der Waals surface area contributed by atoms with Gasteiger partial charge in [0.2, 0.25) is 0 Å². The van der Waals surface area contributed by atoms with Crippen LogP contribution in [-0.2, 0) is 20.7 Å². The van der Waals surface area contributed by atoms with Crippen molar-refractivity contribution in [2.45, 2.75) is 6.42 Å². The number of ether oxygens (including phenoxy) is 1. The second-order valence-corrected chi connectivity index (χ2v) is 6.22. The van der Waals surface area contributed by atoms with Crippen LogP contribution in [0.5, 0.6) is 0 Å². The maximum Gasteiger partial charge on any atom is 0.310 e. The van der Waals surface area contributed by atoms with E-state index in [-0.39, 0.29) is 18.9 Å². The summed E-state index contributed by atoms with van der Waals surface area (Å²) in [6.45, 7) is -0.371. The van der Waals surface area contributed by atoms with Crippen LogP contribution in [-0.4, -0.2) is 31.4 Å². The van der Waals surface area contributed by atoms with Crippen molar-refractivity contribution in [3.63, 3.8) is 0 Å². The normalized spacial score (nSPS) is 10.3. The number of hydrogen-bond donors (Lipinski definition) is 2. The van der Waals surface area contributed by atoms with Crippen molar-refractivity contribution in [3.8, 4) is 0 Å². The molecule has 0 saturated carbocycles. The Balaban J connectivity index is 1.49. The minimum absolute atomic E-state index is 0.0962. The van der Waals surface area contributed by atoms with Crippen LogP contribution in [0.2, 0.25) is 0 Å². The number of rotatable bonds is 6. The van der Waals surface area contributed by atoms with Crippen LogP contribution < -0.4 is 10.6 Å². The average molecular weight is 376 g/mol. The molecule has 0 fully saturated rings. The highest BCUT2D eigenvalue weighted by atomic mass is 16.5. The summed E-state index contributed by atoms with van der Waals surface area (Å²) >= 11 is 0. The van der Waals surface area contributed by atoms with Gasteiger partial charge in [-0.15, -0.1) is 0 Å². The van der Waals surface area contributed by atoms with E-state index in [0.29, 0.717) is 11.3 Å². The molecule has 0 unspecified atom stereocenters. The van der Waals surface area contributed by atoms with Crippen LogP contribution in [0.25, 0.3) is 10.8 Å². The van der Waals surface area contributed by atoms with E-state index in [0.717, 1.165) is 16.3 Å². The molecule has 142 valence electrons. The zero-order valence-corrected chi connectivity index (χ0v) is 15.4. The number of amides is 2. The zero-order valence-electron chi connectivity index (χ0n) is 15.4. The van der Waals surface area contributed by atoms with E-state index in [4.69, 9.17) is 4.74 Å². The maximum absolute atomic E-state index is 12.0. The van der Waals surface area contributed by atoms with Gasteiger partial charge in [0.05, 0.1) is 6.42 Å². The van der Waals surface area contributed by atoms with Crippen LogP contribution >= 0.6 is 0 Å². The molecule has 0 aromatic heterocycles. The molecule has 0 aliphatic heterocycles. The first-order valence-corrected chi connectivity index (χ1v) is 8.80. The van der Waals surface area contributed by atoms with Gasteiger partial charge < -0.3 is 15.4 Å². The Morgan fingerprint density at radius 1 is 0.893 bits per heavy atom. The lowest BCUT2D eigenvalue weighted by molar-refractivity contribution is -0.146. The summed E-state index contributed by atoms with van der Waals surface area (Å²) in [6.07, 6.45) is 0.0962. The Kier molecular flexibility index (Phi) is 6.01. The highest BCUT2D eigenvalue weighted by molar-refractivity contribution is 5.96. The summed E-state index contributed by atoms with van der Waals surface area (Å²) < 4.78 is 5.06. The fourth-order valence-electron chi connectivity index (χ4n) is 2.76. The van der Waals surface area contributed by atoms with E-state index in [1.807, 2.05) is 42.5 Å². The van der Waals surface area contributed by atoms with Gasteiger partial charge in [-0.3, -0.25) is 14.4 Å². The molecule has 0 atom stereocenters. The third kappa shape index (κ3) is 4.94. The Morgan fingerprint density at radius 2 is 1.61 bits per heavy atom. The van der Waals surface area contributed by atoms with Gasteiger partial charge >= 0.3 is 5.97 Å². The van der Waals surface area contributed by atoms with Crippen molar-refractivity contribution in [3.05, 3.63) is 77.9 Å². The van der Waals surface area contributed by atoms with Gasteiger partial charge in [0.15, 0.2) is 6.61 Å². The van der Waals surface area contributed by atoms with Gasteiger partial charge in [0, 0.05) is 18.3 Å². The molecule has 0 spiro atoms. The quantitative estimate of drug-likeness (QED) is 0.648. The van der Waals surface area contributed by atoms with E-state index >= 15 is 0 Å². The molecule has 0 saturated heterocycles. The minimum Gasteiger partial charge on any atom is -0.455 e. The second kappa shape index (κ2) is 8.81. The molecular weight excluding hydrogens is 356 g/mol. The molecule has 0 heterocycles. The van der Waals surface area contributed by atoms with Crippen molar-refractivity contribution >= 4 is 34.2 Å². The first-order valence-electron chi connectivity index (χ1n) is 8.80. The van der Waals surface area contributed by atoms with Crippen molar-refractivity contribution in [2.75, 3.05) is 19.0 Å². The summed E-state index contributed by atoms with van der Waals surface area (Å²) in [5.74, 6) is -1.12. The average Bonchev–Trinajstić information content (AvgIpc) is 2.72. The topological polar surface area (TPSA) is 84.5 Å². The van der Waals surface area contributed by atoms with Gasteiger partial charge in [0.25, 0.3) is 11.8 Å². The summed E-state index contributed by atoms with van der Waals surface area (Å²) in [5, 5.41) is 7.29. The molecule has 3 rings (SSSR count). The molecule has 28 heavy (non-hydrogen) atoms. The van der Waals surface area contributed by atoms with Crippen LogP contribution in [0.15, 0.2) is 66.7 Å². The van der Waals surface area contributed by atoms with E-state index in [1.165, 1.54) is 0 Å². The van der Waals surface area contributed by atoms with Gasteiger partial charge in [-0.25, -0.2) is 0 Å². The number of esters is 1. The van der Waals surface area contributed by atoms with Gasteiger partial charge in [-0.2, -0.15) is 0 Å². The van der Waals surface area contributed by atoms with E-state index in [2.05, 4.69) is 10.6 Å². The molecule has 0 aliphatic carbocycles. The van der Waals surface area contributed by atoms with Crippen molar-refractivity contribution < 1.29 is 19.1 Å². The fourth-order valence-corrected chi connectivity index (χ4v) is 2.76. The highest BCUT2D eigenvalue weighted by Gasteiger charge is 2.10. The smallest absolute Gasteiger partial charge is 0.310 e. The number of nitrogens with one attached hydrogen (secondary N) is 2. The summed E-state index contributed by atoms with van der Waals surface area (Å²) in [7, 11) is 1.55. The second-order valence-electron chi connectivity index (χ2n) is 6.22. The molecule has 6 nitrogen and oxygen atoms in total. The third-order valence-corrected chi connectivity index (χ3v) is 4.18. The molecule has 3 aromatic rings. The Labute approximate surface area is 162 Å². The summed E-state index contributed by atoms with van der Waals surface area (Å²) in [5.41, 5.74) is 1.83. The molecular formula is C22H20N2O4. The lowest BCUT2D eigenvalue weighted by Gasteiger charge is -2.08. The molecule has 3 aromatic carbocycles. The van der Waals surface area contributed by atoms with Crippen molar-refractivity contribution in [1.29, 1.82) is 0 Å². The lowest BCUT2D eigenvalue weighted by Crippen LogP contribution is -2.22. The third-order valence-electron chi connectivity index (χ3n) is 4.18. The first-order chi connectivity index (χ1) is 13.5. The maximum atomic E-state index is 12.0. The highest BCUT2D eigenvalue weighted by Crippen LogP contribution is 2.16. The summed E-state index contributed by atoms with van der Waals surface area (Å²) in [4.78, 5) is 35.5. The monoisotopic (exact) mass is 376 g/mol. The van der Waals surface area contributed by atoms with Crippen LogP contribution in [0, 0.1) is 0 Å². The largest absolute Gasteiger partial charge is 0.455 e. The Morgan fingerprint density at radius 3 is 2.32 bits per heavy atom. The van der Waals surface area contributed by atoms with E-state index in [1.54, 1.807) is 31.3 Å². The zero-order chi connectivity index (χ0) is 19.9. The van der Waals surface area contributed by atoms with Crippen molar-refractivity contribution in [1.82, 2.24) is 5.32 Å². The SMILES string of the molecule is CNC(=O)c1ccc(NC(=O)COC(=O)Cc2ccc3ccccc3c2)cc1. The van der Waals surface area contributed by atoms with Gasteiger partial charge in [-0.05, 0) is 40.6 Å². The number of anilines is 1. The van der Waals surface area contributed by atoms with Gasteiger partial charge in [0.1, 0.15) is 0 Å². The van der Waals surface area contributed by atoms with E-state index < -0.39 is 11.9 Å². The van der Waals surface area contributed by atoms with Crippen LogP contribution in [0.3, 0.4) is 0 Å². The first kappa shape index (κ1) is 19.1. The van der Waals surface area contributed by atoms with Crippen molar-refractivity contribution in [2.24, 2.45) is 0 Å². The lowest BCUT2D eigenvalue weighted by atomic mass is 10.1. The summed E-state index contributed by atoms with van der Waals surface area (Å²) in [6, 6.07) is 20.1. The van der Waals surface area contributed by atoms with Crippen LogP contribution in [0.4, 0.5) is 5.69 Å². The fraction of sp³-hybridized carbons (Fsp3) is 0.136. The molecule has 0 radical (unpaired) electrons. The molecule has 2 amide bonds. The number of carbonyl (C=O) groups excluding carboxylic acids is 3. The number of hydrogen-bond acceptors (Lipinski definition) is 4. The molecule has 6 heteroatoms. The number of fused-ring (bicyclic) bond motifs is 1. The molecule has 0 aliphatic rings. The predicted molar refractivity (Wildman–Crippen MR) is 107 cm³/mol. The molecule has 0 bridgehead atoms. The Bertz CT molecular complexity index is 1010. The Hall–Kier alpha value is -3.67. The standard InChI is InChI=1S/C22H20N2O4/c1-23-22(27)17-8-10-19(11-9-17)24-20(25)14-28-21(26)13-15-6-7-16-4-2-3-5-18(16)12-15/h2-12H,13-14H2,1H3,(H,23,27)(H,24,25). The van der Waals surface area contributed by atoms with E-state index in [9.17, 15) is 14.4 Å². The minimum atomic E-state index is -0.472. The van der Waals surface area contributed by atoms with Gasteiger partial charge in [-0.1, -0.05) is 42.5 Å².